The Morgan fingerprint density at radius 1 is 1.28 bits per heavy atom. The third-order valence-corrected chi connectivity index (χ3v) is 2.47. The molecule has 1 aromatic heterocycles. The van der Waals surface area contributed by atoms with Gasteiger partial charge < -0.3 is 10.1 Å². The van der Waals surface area contributed by atoms with Gasteiger partial charge in [-0.2, -0.15) is 5.10 Å². The predicted octanol–water partition coefficient (Wildman–Crippen LogP) is 2.78. The first-order chi connectivity index (χ1) is 8.69. The SMILES string of the molecule is CNCc1ccc(Oc2ccc(Cl)c(F)c2)nn1. The molecule has 0 unspecified atom stereocenters. The summed E-state index contributed by atoms with van der Waals surface area (Å²) in [5, 5.41) is 10.8. The molecule has 0 saturated carbocycles. The second kappa shape index (κ2) is 5.75. The Morgan fingerprint density at radius 2 is 2.11 bits per heavy atom. The lowest BCUT2D eigenvalue weighted by molar-refractivity contribution is 0.449. The molecule has 2 rings (SSSR count). The molecule has 94 valence electrons. The fourth-order valence-electron chi connectivity index (χ4n) is 1.34. The van der Waals surface area contributed by atoms with E-state index in [2.05, 4.69) is 15.5 Å². The van der Waals surface area contributed by atoms with Crippen molar-refractivity contribution in [2.24, 2.45) is 0 Å². The van der Waals surface area contributed by atoms with Crippen LogP contribution >= 0.6 is 11.6 Å². The molecule has 0 amide bonds. The van der Waals surface area contributed by atoms with Gasteiger partial charge in [-0.15, -0.1) is 5.10 Å². The Balaban J connectivity index is 2.10. The van der Waals surface area contributed by atoms with Crippen LogP contribution in [0.4, 0.5) is 4.39 Å². The highest BCUT2D eigenvalue weighted by atomic mass is 35.5. The van der Waals surface area contributed by atoms with Crippen LogP contribution in [0.1, 0.15) is 5.69 Å². The van der Waals surface area contributed by atoms with Crippen molar-refractivity contribution in [2.45, 2.75) is 6.54 Å². The molecule has 1 N–H and O–H groups in total. The second-order valence-electron chi connectivity index (χ2n) is 3.57. The fraction of sp³-hybridized carbons (Fsp3) is 0.167. The van der Waals surface area contributed by atoms with Crippen molar-refractivity contribution < 1.29 is 9.13 Å². The molecule has 4 nitrogen and oxygen atoms in total. The number of hydrogen-bond acceptors (Lipinski definition) is 4. The van der Waals surface area contributed by atoms with Gasteiger partial charge in [0.2, 0.25) is 5.88 Å². The maximum atomic E-state index is 13.2. The molecule has 0 saturated heterocycles. The Kier molecular flexibility index (Phi) is 4.07. The van der Waals surface area contributed by atoms with Gasteiger partial charge >= 0.3 is 0 Å². The number of ether oxygens (including phenoxy) is 1. The summed E-state index contributed by atoms with van der Waals surface area (Å²) in [6.45, 7) is 0.628. The molecule has 1 heterocycles. The summed E-state index contributed by atoms with van der Waals surface area (Å²) in [7, 11) is 1.82. The standard InChI is InChI=1S/C12H11ClFN3O/c1-15-7-8-2-5-12(17-16-8)18-9-3-4-10(13)11(14)6-9/h2-6,15H,7H2,1H3. The van der Waals surface area contributed by atoms with Gasteiger partial charge in [0.05, 0.1) is 10.7 Å². The minimum Gasteiger partial charge on any atom is -0.437 e. The number of hydrogen-bond donors (Lipinski definition) is 1. The molecule has 1 aromatic carbocycles. The largest absolute Gasteiger partial charge is 0.437 e. The van der Waals surface area contributed by atoms with Crippen molar-refractivity contribution in [1.29, 1.82) is 0 Å². The van der Waals surface area contributed by atoms with Crippen LogP contribution in [0.15, 0.2) is 30.3 Å². The number of rotatable bonds is 4. The first kappa shape index (κ1) is 12.7. The average Bonchev–Trinajstić information content (AvgIpc) is 2.37. The molecule has 0 atom stereocenters. The van der Waals surface area contributed by atoms with E-state index in [1.807, 2.05) is 7.05 Å². The molecule has 0 radical (unpaired) electrons. The number of halogens is 2. The van der Waals surface area contributed by atoms with Gasteiger partial charge in [0.15, 0.2) is 0 Å². The molecular weight excluding hydrogens is 257 g/mol. The van der Waals surface area contributed by atoms with Crippen molar-refractivity contribution in [3.05, 3.63) is 46.9 Å². The molecule has 18 heavy (non-hydrogen) atoms. The zero-order valence-electron chi connectivity index (χ0n) is 9.65. The van der Waals surface area contributed by atoms with Gasteiger partial charge in [0.1, 0.15) is 11.6 Å². The van der Waals surface area contributed by atoms with Gasteiger partial charge in [-0.3, -0.25) is 0 Å². The third-order valence-electron chi connectivity index (χ3n) is 2.17. The summed E-state index contributed by atoms with van der Waals surface area (Å²) in [6, 6.07) is 7.65. The van der Waals surface area contributed by atoms with Crippen LogP contribution in [-0.4, -0.2) is 17.2 Å². The van der Waals surface area contributed by atoms with E-state index in [-0.39, 0.29) is 5.02 Å². The quantitative estimate of drug-likeness (QED) is 0.925. The first-order valence-electron chi connectivity index (χ1n) is 5.29. The molecule has 0 fully saturated rings. The second-order valence-corrected chi connectivity index (χ2v) is 3.98. The summed E-state index contributed by atoms with van der Waals surface area (Å²) in [4.78, 5) is 0. The highest BCUT2D eigenvalue weighted by molar-refractivity contribution is 6.30. The normalized spacial score (nSPS) is 10.4. The average molecular weight is 268 g/mol. The zero-order chi connectivity index (χ0) is 13.0. The highest BCUT2D eigenvalue weighted by Crippen LogP contribution is 2.23. The van der Waals surface area contributed by atoms with E-state index in [1.165, 1.54) is 12.1 Å². The molecular formula is C12H11ClFN3O. The van der Waals surface area contributed by atoms with E-state index >= 15 is 0 Å². The van der Waals surface area contributed by atoms with Crippen LogP contribution in [0.2, 0.25) is 5.02 Å². The van der Waals surface area contributed by atoms with E-state index in [9.17, 15) is 4.39 Å². The highest BCUT2D eigenvalue weighted by Gasteiger charge is 2.04. The van der Waals surface area contributed by atoms with Crippen LogP contribution in [0.3, 0.4) is 0 Å². The Bertz CT molecular complexity index is 533. The van der Waals surface area contributed by atoms with E-state index in [4.69, 9.17) is 16.3 Å². The van der Waals surface area contributed by atoms with Crippen molar-refractivity contribution in [3.8, 4) is 11.6 Å². The maximum absolute atomic E-state index is 13.2. The van der Waals surface area contributed by atoms with Crippen LogP contribution < -0.4 is 10.1 Å². The molecule has 6 heteroatoms. The Labute approximate surface area is 109 Å². The predicted molar refractivity (Wildman–Crippen MR) is 66.3 cm³/mol. The van der Waals surface area contributed by atoms with E-state index in [0.717, 1.165) is 5.69 Å². The first-order valence-corrected chi connectivity index (χ1v) is 5.67. The zero-order valence-corrected chi connectivity index (χ0v) is 10.4. The minimum atomic E-state index is -0.533. The van der Waals surface area contributed by atoms with E-state index in [1.54, 1.807) is 18.2 Å². The third kappa shape index (κ3) is 3.15. The molecule has 0 aliphatic heterocycles. The Hall–Kier alpha value is -1.72. The van der Waals surface area contributed by atoms with Crippen molar-refractivity contribution in [2.75, 3.05) is 7.05 Å². The van der Waals surface area contributed by atoms with Crippen LogP contribution in [0, 0.1) is 5.82 Å². The molecule has 0 aliphatic rings. The fourth-order valence-corrected chi connectivity index (χ4v) is 1.46. The van der Waals surface area contributed by atoms with Crippen LogP contribution in [-0.2, 0) is 6.54 Å². The van der Waals surface area contributed by atoms with Gasteiger partial charge in [0.25, 0.3) is 0 Å². The summed E-state index contributed by atoms with van der Waals surface area (Å²) in [5.74, 6) is 0.0954. The van der Waals surface area contributed by atoms with Crippen molar-refractivity contribution >= 4 is 11.6 Å². The van der Waals surface area contributed by atoms with Crippen molar-refractivity contribution in [3.63, 3.8) is 0 Å². The van der Waals surface area contributed by atoms with Crippen LogP contribution in [0.5, 0.6) is 11.6 Å². The minimum absolute atomic E-state index is 0.0535. The van der Waals surface area contributed by atoms with Gasteiger partial charge in [-0.1, -0.05) is 11.6 Å². The summed E-state index contributed by atoms with van der Waals surface area (Å²) >= 11 is 5.57. The molecule has 2 aromatic rings. The monoisotopic (exact) mass is 267 g/mol. The maximum Gasteiger partial charge on any atom is 0.238 e. The number of nitrogens with zero attached hydrogens (tertiary/aromatic N) is 2. The van der Waals surface area contributed by atoms with Crippen molar-refractivity contribution in [1.82, 2.24) is 15.5 Å². The van der Waals surface area contributed by atoms with E-state index in [0.29, 0.717) is 18.2 Å². The molecule has 0 aliphatic carbocycles. The van der Waals surface area contributed by atoms with E-state index < -0.39 is 5.82 Å². The van der Waals surface area contributed by atoms with Gasteiger partial charge in [-0.25, -0.2) is 4.39 Å². The van der Waals surface area contributed by atoms with Crippen LogP contribution in [0.25, 0.3) is 0 Å². The number of aromatic nitrogens is 2. The lowest BCUT2D eigenvalue weighted by Gasteiger charge is -2.05. The van der Waals surface area contributed by atoms with Gasteiger partial charge in [0, 0.05) is 18.7 Å². The molecule has 0 bridgehead atoms. The lowest BCUT2D eigenvalue weighted by atomic mass is 10.3. The smallest absolute Gasteiger partial charge is 0.238 e. The number of benzene rings is 1. The number of nitrogens with one attached hydrogen (secondary N) is 1. The topological polar surface area (TPSA) is 47.0 Å². The summed E-state index contributed by atoms with van der Waals surface area (Å²) in [6.07, 6.45) is 0. The van der Waals surface area contributed by atoms with Gasteiger partial charge in [-0.05, 0) is 25.2 Å². The molecule has 0 spiro atoms. The summed E-state index contributed by atoms with van der Waals surface area (Å²) < 4.78 is 18.5. The summed E-state index contributed by atoms with van der Waals surface area (Å²) in [5.41, 5.74) is 0.798. The lowest BCUT2D eigenvalue weighted by Crippen LogP contribution is -2.07. The Morgan fingerprint density at radius 3 is 2.72 bits per heavy atom.